The van der Waals surface area contributed by atoms with Gasteiger partial charge in [0, 0.05) is 13.0 Å². The van der Waals surface area contributed by atoms with Crippen molar-refractivity contribution in [2.24, 2.45) is 0 Å². The number of esters is 1. The molecular weight excluding hydrogens is 878 g/mol. The van der Waals surface area contributed by atoms with Crippen LogP contribution < -0.4 is 0 Å². The number of likely N-dealkylation sites (N-methyl/N-ethyl adjacent to an activating group) is 1. The summed E-state index contributed by atoms with van der Waals surface area (Å²) < 4.78 is 35.3. The Balaban J connectivity index is 4.12. The second-order valence-corrected chi connectivity index (χ2v) is 21.8. The number of carbonyl (C=O) groups excluding carboxylic acids is 1. The number of phosphoric acid groups is 1. The van der Waals surface area contributed by atoms with Crippen LogP contribution in [0.2, 0.25) is 0 Å². The summed E-state index contributed by atoms with van der Waals surface area (Å²) in [6.07, 6.45) is 69.6. The molecule has 9 heteroatoms. The van der Waals surface area contributed by atoms with E-state index in [1.165, 1.54) is 141 Å². The van der Waals surface area contributed by atoms with Gasteiger partial charge >= 0.3 is 13.8 Å². The third-order valence-electron chi connectivity index (χ3n) is 12.3. The highest BCUT2D eigenvalue weighted by molar-refractivity contribution is 7.47. The molecular formula is C60H111NO7P+. The number of quaternary nitrogens is 1. The third kappa shape index (κ3) is 56.7. The Morgan fingerprint density at radius 3 is 1.26 bits per heavy atom. The number of allylic oxidation sites excluding steroid dienone is 12. The molecule has 1 N–H and O–H groups in total. The van der Waals surface area contributed by atoms with Gasteiger partial charge in [0.05, 0.1) is 34.4 Å². The molecule has 0 fully saturated rings. The van der Waals surface area contributed by atoms with Crippen molar-refractivity contribution in [3.05, 3.63) is 72.9 Å². The van der Waals surface area contributed by atoms with Crippen LogP contribution in [0.25, 0.3) is 0 Å². The van der Waals surface area contributed by atoms with E-state index in [4.69, 9.17) is 18.5 Å². The zero-order valence-electron chi connectivity index (χ0n) is 45.8. The first-order valence-electron chi connectivity index (χ1n) is 28.7. The molecule has 0 bridgehead atoms. The molecule has 0 aromatic carbocycles. The van der Waals surface area contributed by atoms with Crippen LogP contribution in [0.15, 0.2) is 72.9 Å². The van der Waals surface area contributed by atoms with Crippen LogP contribution in [0.1, 0.15) is 245 Å². The predicted octanol–water partition coefficient (Wildman–Crippen LogP) is 18.2. The van der Waals surface area contributed by atoms with Crippen LogP contribution in [-0.4, -0.2) is 75.6 Å². The standard InChI is InChI=1S/C60H110NO7P/c1-6-8-10-12-14-16-18-20-22-24-26-28-30-31-32-33-35-37-39-41-43-45-47-49-51-53-60(62)68-59(58-67-69(63,64)66-56-54-61(3,4)5)57-65-55-52-50-48-46-44-42-40-38-36-34-29-27-25-23-21-19-17-15-13-11-9-7-2/h8,10,14,16,20,22,26,28,31-32,35,37,59H,6-7,9,11-13,15,17-19,21,23-25,27,29-30,33-34,36,38-58H2,1-5H3/p+1/b10-8-,16-14-,22-20-,28-26-,32-31-,37-35-. The van der Waals surface area contributed by atoms with Gasteiger partial charge in [-0.15, -0.1) is 0 Å². The van der Waals surface area contributed by atoms with Crippen LogP contribution in [0, 0.1) is 0 Å². The van der Waals surface area contributed by atoms with Crippen LogP contribution in [0.5, 0.6) is 0 Å². The average molecular weight is 990 g/mol. The molecule has 0 saturated carbocycles. The predicted molar refractivity (Wildman–Crippen MR) is 298 cm³/mol. The second-order valence-electron chi connectivity index (χ2n) is 20.3. The Bertz CT molecular complexity index is 1330. The maximum absolute atomic E-state index is 12.8. The third-order valence-corrected chi connectivity index (χ3v) is 13.3. The molecule has 2 unspecified atom stereocenters. The summed E-state index contributed by atoms with van der Waals surface area (Å²) in [7, 11) is 1.66. The van der Waals surface area contributed by atoms with E-state index in [1.807, 2.05) is 21.1 Å². The van der Waals surface area contributed by atoms with Crippen LogP contribution in [0.4, 0.5) is 0 Å². The topological polar surface area (TPSA) is 91.3 Å². The Kier molecular flexibility index (Phi) is 50.7. The number of hydrogen-bond donors (Lipinski definition) is 1. The maximum Gasteiger partial charge on any atom is 0.472 e. The normalized spacial score (nSPS) is 14.0. The number of phosphoric ester groups is 1. The first-order chi connectivity index (χ1) is 33.6. The molecule has 0 spiro atoms. The minimum absolute atomic E-state index is 0.0836. The Morgan fingerprint density at radius 1 is 0.464 bits per heavy atom. The molecule has 0 amide bonds. The van der Waals surface area contributed by atoms with Crippen molar-refractivity contribution < 1.29 is 37.3 Å². The molecule has 0 saturated heterocycles. The fourth-order valence-electron chi connectivity index (χ4n) is 7.91. The molecule has 0 heterocycles. The number of hydrogen-bond acceptors (Lipinski definition) is 6. The zero-order valence-corrected chi connectivity index (χ0v) is 46.7. The van der Waals surface area contributed by atoms with Gasteiger partial charge in [0.25, 0.3) is 0 Å². The molecule has 2 atom stereocenters. The van der Waals surface area contributed by atoms with Crippen LogP contribution in [-0.2, 0) is 27.9 Å². The highest BCUT2D eigenvalue weighted by atomic mass is 31.2. The first-order valence-corrected chi connectivity index (χ1v) is 30.2. The van der Waals surface area contributed by atoms with Crippen LogP contribution in [0.3, 0.4) is 0 Å². The highest BCUT2D eigenvalue weighted by Gasteiger charge is 2.26. The SMILES string of the molecule is CC/C=C\C/C=C\C/C=C\C/C=C\C/C=C\C/C=C\CCCCCCCCC(=O)OC(COCCCCCCCCCCCCCCCCCCCCCCCC)COP(=O)(O)OCC[N+](C)(C)C. The van der Waals surface area contributed by atoms with Crippen molar-refractivity contribution in [3.8, 4) is 0 Å². The van der Waals surface area contributed by atoms with Gasteiger partial charge in [-0.3, -0.25) is 13.8 Å². The number of ether oxygens (including phenoxy) is 2. The largest absolute Gasteiger partial charge is 0.472 e. The van der Waals surface area contributed by atoms with E-state index < -0.39 is 13.9 Å². The van der Waals surface area contributed by atoms with E-state index in [0.29, 0.717) is 24.1 Å². The van der Waals surface area contributed by atoms with Gasteiger partial charge in [0.15, 0.2) is 0 Å². The molecule has 0 aliphatic rings. The van der Waals surface area contributed by atoms with E-state index in [9.17, 15) is 14.3 Å². The average Bonchev–Trinajstić information content (AvgIpc) is 3.31. The van der Waals surface area contributed by atoms with Gasteiger partial charge < -0.3 is 18.9 Å². The number of unbranched alkanes of at least 4 members (excludes halogenated alkanes) is 27. The molecule has 0 aliphatic heterocycles. The van der Waals surface area contributed by atoms with Gasteiger partial charge in [0.2, 0.25) is 0 Å². The summed E-state index contributed by atoms with van der Waals surface area (Å²) in [5.74, 6) is -0.326. The maximum atomic E-state index is 12.8. The molecule has 0 rings (SSSR count). The molecule has 402 valence electrons. The van der Waals surface area contributed by atoms with E-state index in [-0.39, 0.29) is 25.8 Å². The second kappa shape index (κ2) is 52.3. The smallest absolute Gasteiger partial charge is 0.457 e. The lowest BCUT2D eigenvalue weighted by molar-refractivity contribution is -0.870. The summed E-state index contributed by atoms with van der Waals surface area (Å²) in [6, 6.07) is 0. The Morgan fingerprint density at radius 2 is 0.841 bits per heavy atom. The minimum atomic E-state index is -4.29. The number of rotatable bonds is 53. The van der Waals surface area contributed by atoms with Gasteiger partial charge in [-0.05, 0) is 64.2 Å². The summed E-state index contributed by atoms with van der Waals surface area (Å²) >= 11 is 0. The van der Waals surface area contributed by atoms with Gasteiger partial charge in [0.1, 0.15) is 19.3 Å². The van der Waals surface area contributed by atoms with Crippen molar-refractivity contribution >= 4 is 13.8 Å². The summed E-state index contributed by atoms with van der Waals surface area (Å²) in [6.45, 7) is 5.52. The van der Waals surface area contributed by atoms with Crippen LogP contribution >= 0.6 is 7.82 Å². The molecule has 0 aromatic heterocycles. The van der Waals surface area contributed by atoms with Crippen molar-refractivity contribution in [2.45, 2.75) is 251 Å². The van der Waals surface area contributed by atoms with Crippen molar-refractivity contribution in [3.63, 3.8) is 0 Å². The van der Waals surface area contributed by atoms with E-state index in [1.54, 1.807) is 0 Å². The lowest BCUT2D eigenvalue weighted by atomic mass is 10.0. The van der Waals surface area contributed by atoms with Gasteiger partial charge in [-0.2, -0.15) is 0 Å². The molecule has 0 aliphatic carbocycles. The first kappa shape index (κ1) is 66.9. The fourth-order valence-corrected chi connectivity index (χ4v) is 8.65. The summed E-state index contributed by atoms with van der Waals surface area (Å²) in [4.78, 5) is 23.1. The molecule has 8 nitrogen and oxygen atoms in total. The minimum Gasteiger partial charge on any atom is -0.457 e. The zero-order chi connectivity index (χ0) is 50.5. The lowest BCUT2D eigenvalue weighted by Crippen LogP contribution is -2.37. The number of nitrogens with zero attached hydrogens (tertiary/aromatic N) is 1. The van der Waals surface area contributed by atoms with Crippen molar-refractivity contribution in [1.29, 1.82) is 0 Å². The quantitative estimate of drug-likeness (QED) is 0.0213. The summed E-state index contributed by atoms with van der Waals surface area (Å²) in [5.41, 5.74) is 0. The number of carbonyl (C=O) groups is 1. The molecule has 69 heavy (non-hydrogen) atoms. The van der Waals surface area contributed by atoms with E-state index in [2.05, 4.69) is 86.8 Å². The summed E-state index contributed by atoms with van der Waals surface area (Å²) in [5, 5.41) is 0. The van der Waals surface area contributed by atoms with Crippen molar-refractivity contribution in [1.82, 2.24) is 0 Å². The molecule has 0 radical (unpaired) electrons. The monoisotopic (exact) mass is 989 g/mol. The van der Waals surface area contributed by atoms with E-state index in [0.717, 1.165) is 83.5 Å². The van der Waals surface area contributed by atoms with Crippen molar-refractivity contribution in [2.75, 3.05) is 54.1 Å². The molecule has 0 aromatic rings. The fraction of sp³-hybridized carbons (Fsp3) is 0.783. The lowest BCUT2D eigenvalue weighted by Gasteiger charge is -2.24. The Labute approximate surface area is 427 Å². The van der Waals surface area contributed by atoms with Gasteiger partial charge in [-0.25, -0.2) is 4.57 Å². The van der Waals surface area contributed by atoms with Gasteiger partial charge in [-0.1, -0.05) is 247 Å². The van der Waals surface area contributed by atoms with E-state index >= 15 is 0 Å². The highest BCUT2D eigenvalue weighted by Crippen LogP contribution is 2.43. The Hall–Kier alpha value is -2.06.